The number of hydrogen-bond acceptors (Lipinski definition) is 1. The van der Waals surface area contributed by atoms with E-state index in [0.29, 0.717) is 12.1 Å². The minimum atomic E-state index is -0.331. The number of amides is 1. The summed E-state index contributed by atoms with van der Waals surface area (Å²) in [6.07, 6.45) is 1.05. The highest BCUT2D eigenvalue weighted by Crippen LogP contribution is 2.24. The van der Waals surface area contributed by atoms with Crippen LogP contribution < -0.4 is 5.32 Å². The third-order valence-corrected chi connectivity index (χ3v) is 3.31. The van der Waals surface area contributed by atoms with E-state index in [0.717, 1.165) is 6.42 Å². The summed E-state index contributed by atoms with van der Waals surface area (Å²) < 4.78 is 13.4. The number of nitrogens with one attached hydrogen (secondary N) is 1. The lowest BCUT2D eigenvalue weighted by atomic mass is 9.90. The highest BCUT2D eigenvalue weighted by molar-refractivity contribution is 9.09. The van der Waals surface area contributed by atoms with Crippen molar-refractivity contribution < 1.29 is 9.18 Å². The number of carbonyl (C=O) groups excluding carboxylic acids is 1. The molecule has 2 nitrogen and oxygen atoms in total. The maximum atomic E-state index is 13.4. The van der Waals surface area contributed by atoms with Gasteiger partial charge in [0.05, 0.1) is 6.42 Å². The minimum Gasteiger partial charge on any atom is -0.355 e. The molecule has 1 unspecified atom stereocenters. The van der Waals surface area contributed by atoms with Gasteiger partial charge in [0.15, 0.2) is 0 Å². The summed E-state index contributed by atoms with van der Waals surface area (Å²) in [6, 6.07) is 6.36. The zero-order valence-electron chi connectivity index (χ0n) is 11.7. The molecule has 0 heterocycles. The maximum absolute atomic E-state index is 13.4. The lowest BCUT2D eigenvalue weighted by Crippen LogP contribution is -2.32. The van der Waals surface area contributed by atoms with E-state index in [4.69, 9.17) is 0 Å². The predicted octanol–water partition coefficient (Wildman–Crippen LogP) is 3.68. The molecule has 1 N–H and O–H groups in total. The number of halogens is 2. The molecule has 1 aromatic carbocycles. The summed E-state index contributed by atoms with van der Waals surface area (Å²) in [4.78, 5) is 12.0. The summed E-state index contributed by atoms with van der Waals surface area (Å²) in [5, 5.41) is 2.83. The van der Waals surface area contributed by atoms with Gasteiger partial charge >= 0.3 is 0 Å². The van der Waals surface area contributed by atoms with E-state index < -0.39 is 0 Å². The van der Waals surface area contributed by atoms with Crippen LogP contribution >= 0.6 is 15.9 Å². The largest absolute Gasteiger partial charge is 0.355 e. The minimum absolute atomic E-state index is 0.0852. The van der Waals surface area contributed by atoms with E-state index in [1.54, 1.807) is 18.2 Å². The second-order valence-electron chi connectivity index (χ2n) is 5.93. The van der Waals surface area contributed by atoms with Crippen LogP contribution in [-0.2, 0) is 11.2 Å². The molecule has 0 fully saturated rings. The first kappa shape index (κ1) is 16.2. The summed E-state index contributed by atoms with van der Waals surface area (Å²) in [5.74, 6) is -0.480. The van der Waals surface area contributed by atoms with Gasteiger partial charge in [0.2, 0.25) is 5.91 Å². The van der Waals surface area contributed by atoms with Crippen molar-refractivity contribution in [2.75, 3.05) is 6.54 Å². The molecule has 0 saturated heterocycles. The molecule has 1 amide bonds. The Hall–Kier alpha value is -0.900. The van der Waals surface area contributed by atoms with Crippen LogP contribution in [-0.4, -0.2) is 17.3 Å². The van der Waals surface area contributed by atoms with Gasteiger partial charge < -0.3 is 5.32 Å². The van der Waals surface area contributed by atoms with Crippen molar-refractivity contribution in [3.63, 3.8) is 0 Å². The quantitative estimate of drug-likeness (QED) is 0.820. The highest BCUT2D eigenvalue weighted by Gasteiger charge is 2.17. The second-order valence-corrected chi connectivity index (χ2v) is 7.23. The van der Waals surface area contributed by atoms with E-state index in [2.05, 4.69) is 42.0 Å². The van der Waals surface area contributed by atoms with Gasteiger partial charge in [-0.05, 0) is 23.5 Å². The molecule has 0 aliphatic rings. The Bertz CT molecular complexity index is 428. The van der Waals surface area contributed by atoms with Crippen LogP contribution in [0.2, 0.25) is 0 Å². The van der Waals surface area contributed by atoms with E-state index >= 15 is 0 Å². The number of carbonyl (C=O) groups is 1. The van der Waals surface area contributed by atoms with Crippen molar-refractivity contribution >= 4 is 21.8 Å². The van der Waals surface area contributed by atoms with Crippen LogP contribution in [0.15, 0.2) is 24.3 Å². The Balaban J connectivity index is 2.38. The van der Waals surface area contributed by atoms with Gasteiger partial charge in [0.25, 0.3) is 0 Å². The standard InChI is InChI=1S/C15H21BrFNO/c1-15(2,3)9-12(16)10-18-14(19)8-11-6-4-5-7-13(11)17/h4-7,12H,8-10H2,1-3H3,(H,18,19). The Kier molecular flexibility index (Phi) is 5.98. The monoisotopic (exact) mass is 329 g/mol. The van der Waals surface area contributed by atoms with Gasteiger partial charge in [-0.3, -0.25) is 4.79 Å². The first-order valence-corrected chi connectivity index (χ1v) is 7.34. The molecule has 0 aliphatic carbocycles. The molecule has 0 saturated carbocycles. The van der Waals surface area contributed by atoms with Crippen LogP contribution in [0.1, 0.15) is 32.8 Å². The van der Waals surface area contributed by atoms with Crippen LogP contribution in [0.5, 0.6) is 0 Å². The van der Waals surface area contributed by atoms with Crippen molar-refractivity contribution in [2.45, 2.75) is 38.4 Å². The molecular weight excluding hydrogens is 309 g/mol. The summed E-state index contributed by atoms with van der Waals surface area (Å²) in [7, 11) is 0. The van der Waals surface area contributed by atoms with Crippen molar-refractivity contribution in [1.82, 2.24) is 5.32 Å². The number of hydrogen-bond donors (Lipinski definition) is 1. The molecule has 0 bridgehead atoms. The van der Waals surface area contributed by atoms with E-state index in [-0.39, 0.29) is 28.4 Å². The third kappa shape index (κ3) is 6.71. The Morgan fingerprint density at radius 1 is 1.37 bits per heavy atom. The van der Waals surface area contributed by atoms with Gasteiger partial charge in [-0.15, -0.1) is 0 Å². The lowest BCUT2D eigenvalue weighted by molar-refractivity contribution is -0.120. The third-order valence-electron chi connectivity index (χ3n) is 2.66. The van der Waals surface area contributed by atoms with E-state index in [1.807, 2.05) is 0 Å². The van der Waals surface area contributed by atoms with Crippen molar-refractivity contribution in [3.8, 4) is 0 Å². The molecule has 1 aromatic rings. The molecule has 0 radical (unpaired) electrons. The molecule has 106 valence electrons. The molecule has 4 heteroatoms. The fourth-order valence-electron chi connectivity index (χ4n) is 1.84. The maximum Gasteiger partial charge on any atom is 0.224 e. The van der Waals surface area contributed by atoms with Crippen LogP contribution in [0.4, 0.5) is 4.39 Å². The van der Waals surface area contributed by atoms with Gasteiger partial charge in [-0.2, -0.15) is 0 Å². The first-order chi connectivity index (χ1) is 8.78. The topological polar surface area (TPSA) is 29.1 Å². The van der Waals surface area contributed by atoms with Crippen molar-refractivity contribution in [2.24, 2.45) is 5.41 Å². The molecule has 1 atom stereocenters. The summed E-state index contributed by atoms with van der Waals surface area (Å²) >= 11 is 3.55. The Labute approximate surface area is 122 Å². The average Bonchev–Trinajstić information content (AvgIpc) is 2.27. The Morgan fingerprint density at radius 2 is 2.00 bits per heavy atom. The van der Waals surface area contributed by atoms with Crippen molar-refractivity contribution in [3.05, 3.63) is 35.6 Å². The SMILES string of the molecule is CC(C)(C)CC(Br)CNC(=O)Cc1ccccc1F. The van der Waals surface area contributed by atoms with Crippen molar-refractivity contribution in [1.29, 1.82) is 0 Å². The van der Waals surface area contributed by atoms with Crippen LogP contribution in [0, 0.1) is 11.2 Å². The van der Waals surface area contributed by atoms with Gasteiger partial charge in [-0.1, -0.05) is 54.9 Å². The molecule has 0 spiro atoms. The van der Waals surface area contributed by atoms with E-state index in [9.17, 15) is 9.18 Å². The summed E-state index contributed by atoms with van der Waals surface area (Å²) in [6.45, 7) is 7.03. The number of benzene rings is 1. The molecular formula is C15H21BrFNO. The second kappa shape index (κ2) is 7.04. The zero-order valence-corrected chi connectivity index (χ0v) is 13.3. The average molecular weight is 330 g/mol. The first-order valence-electron chi connectivity index (χ1n) is 6.42. The fourth-order valence-corrected chi connectivity index (χ4v) is 2.97. The van der Waals surface area contributed by atoms with Crippen LogP contribution in [0.25, 0.3) is 0 Å². The van der Waals surface area contributed by atoms with E-state index in [1.165, 1.54) is 6.07 Å². The smallest absolute Gasteiger partial charge is 0.224 e. The fraction of sp³-hybridized carbons (Fsp3) is 0.533. The molecule has 19 heavy (non-hydrogen) atoms. The normalized spacial score (nSPS) is 13.1. The van der Waals surface area contributed by atoms with Crippen LogP contribution in [0.3, 0.4) is 0 Å². The molecule has 0 aliphatic heterocycles. The van der Waals surface area contributed by atoms with Gasteiger partial charge in [0.1, 0.15) is 5.82 Å². The number of rotatable bonds is 5. The lowest BCUT2D eigenvalue weighted by Gasteiger charge is -2.22. The van der Waals surface area contributed by atoms with Gasteiger partial charge in [-0.25, -0.2) is 4.39 Å². The zero-order chi connectivity index (χ0) is 14.5. The molecule has 1 rings (SSSR count). The highest BCUT2D eigenvalue weighted by atomic mass is 79.9. The Morgan fingerprint density at radius 3 is 2.58 bits per heavy atom. The molecule has 0 aromatic heterocycles. The predicted molar refractivity (Wildman–Crippen MR) is 79.9 cm³/mol. The number of alkyl halides is 1. The summed E-state index contributed by atoms with van der Waals surface area (Å²) in [5.41, 5.74) is 0.645. The van der Waals surface area contributed by atoms with Gasteiger partial charge in [0, 0.05) is 11.4 Å².